The molecule has 1 aliphatic carbocycles. The van der Waals surface area contributed by atoms with Gasteiger partial charge < -0.3 is 10.6 Å². The molecular weight excluding hydrogens is 364 g/mol. The molecule has 4 rings (SSSR count). The van der Waals surface area contributed by atoms with Crippen LogP contribution >= 0.6 is 0 Å². The van der Waals surface area contributed by atoms with Crippen LogP contribution in [0.15, 0.2) is 41.6 Å². The Labute approximate surface area is 159 Å². The number of hydrogen-bond donors (Lipinski definition) is 2. The number of aromatic nitrogens is 2. The van der Waals surface area contributed by atoms with Crippen LogP contribution in [0.4, 0.5) is 5.69 Å². The molecule has 2 N–H and O–H groups in total. The van der Waals surface area contributed by atoms with E-state index in [9.17, 15) is 13.2 Å². The molecule has 0 radical (unpaired) electrons. The van der Waals surface area contributed by atoms with E-state index in [4.69, 9.17) is 0 Å². The molecule has 0 bridgehead atoms. The summed E-state index contributed by atoms with van der Waals surface area (Å²) in [6.07, 6.45) is 8.65. The van der Waals surface area contributed by atoms with Crippen molar-refractivity contribution in [1.29, 1.82) is 0 Å². The summed E-state index contributed by atoms with van der Waals surface area (Å²) < 4.78 is 25.5. The summed E-state index contributed by atoms with van der Waals surface area (Å²) in [5, 5.41) is 10.7. The Morgan fingerprint density at radius 3 is 2.96 bits per heavy atom. The monoisotopic (exact) mass is 388 g/mol. The molecule has 2 heterocycles. The zero-order chi connectivity index (χ0) is 19.1. The van der Waals surface area contributed by atoms with Gasteiger partial charge in [-0.2, -0.15) is 5.10 Å². The number of benzene rings is 1. The Kier molecular flexibility index (Phi) is 4.55. The van der Waals surface area contributed by atoms with E-state index in [-0.39, 0.29) is 16.2 Å². The number of sulfone groups is 1. The van der Waals surface area contributed by atoms with Crippen LogP contribution in [0.5, 0.6) is 0 Å². The van der Waals surface area contributed by atoms with Crippen molar-refractivity contribution >= 4 is 21.4 Å². The molecule has 1 saturated carbocycles. The van der Waals surface area contributed by atoms with Crippen LogP contribution in [0.2, 0.25) is 0 Å². The van der Waals surface area contributed by atoms with Gasteiger partial charge in [0.15, 0.2) is 9.84 Å². The third-order valence-electron chi connectivity index (χ3n) is 5.84. The summed E-state index contributed by atoms with van der Waals surface area (Å²) in [4.78, 5) is 13.3. The van der Waals surface area contributed by atoms with Crippen molar-refractivity contribution in [2.75, 3.05) is 24.7 Å². The summed E-state index contributed by atoms with van der Waals surface area (Å²) in [7, 11) is -3.38. The number of amides is 1. The number of para-hydroxylation sites is 1. The van der Waals surface area contributed by atoms with Crippen molar-refractivity contribution in [2.24, 2.45) is 11.3 Å². The maximum atomic E-state index is 13.1. The van der Waals surface area contributed by atoms with Gasteiger partial charge in [0, 0.05) is 12.8 Å². The largest absolute Gasteiger partial charge is 0.323 e. The molecule has 7 nitrogen and oxygen atoms in total. The minimum Gasteiger partial charge on any atom is -0.323 e. The van der Waals surface area contributed by atoms with Gasteiger partial charge in [0.2, 0.25) is 5.91 Å². The number of nitrogens with one attached hydrogen (secondary N) is 2. The second-order valence-corrected chi connectivity index (χ2v) is 9.58. The molecule has 1 saturated heterocycles. The first-order chi connectivity index (χ1) is 12.9. The Morgan fingerprint density at radius 2 is 2.15 bits per heavy atom. The summed E-state index contributed by atoms with van der Waals surface area (Å²) in [5.74, 6) is 0.417. The average molecular weight is 388 g/mol. The second-order valence-electron chi connectivity index (χ2n) is 7.60. The SMILES string of the molecule is CS(=O)(=O)c1ccccc1-n1cc(NC(=O)[C@@]23CCCC[C@H]2CNC3)cn1. The lowest BCUT2D eigenvalue weighted by atomic mass is 9.67. The van der Waals surface area contributed by atoms with Crippen LogP contribution < -0.4 is 10.6 Å². The molecule has 0 unspecified atom stereocenters. The van der Waals surface area contributed by atoms with Crippen LogP contribution in [-0.4, -0.2) is 43.5 Å². The highest BCUT2D eigenvalue weighted by Crippen LogP contribution is 2.44. The molecule has 8 heteroatoms. The van der Waals surface area contributed by atoms with Crippen molar-refractivity contribution in [3.05, 3.63) is 36.7 Å². The molecule has 1 amide bonds. The van der Waals surface area contributed by atoms with Crippen LogP contribution in [0.1, 0.15) is 25.7 Å². The predicted octanol–water partition coefficient (Wildman–Crippen LogP) is 1.99. The third-order valence-corrected chi connectivity index (χ3v) is 6.99. The Hall–Kier alpha value is -2.19. The van der Waals surface area contributed by atoms with E-state index < -0.39 is 9.84 Å². The highest BCUT2D eigenvalue weighted by atomic mass is 32.2. The fourth-order valence-electron chi connectivity index (χ4n) is 4.43. The smallest absolute Gasteiger partial charge is 0.232 e. The van der Waals surface area contributed by atoms with Crippen molar-refractivity contribution in [3.63, 3.8) is 0 Å². The quantitative estimate of drug-likeness (QED) is 0.836. The summed E-state index contributed by atoms with van der Waals surface area (Å²) in [6.45, 7) is 1.61. The fraction of sp³-hybridized carbons (Fsp3) is 0.474. The van der Waals surface area contributed by atoms with Crippen LogP contribution in [0.25, 0.3) is 5.69 Å². The number of hydrogen-bond acceptors (Lipinski definition) is 5. The van der Waals surface area contributed by atoms with E-state index in [2.05, 4.69) is 15.7 Å². The van der Waals surface area contributed by atoms with Gasteiger partial charge in [-0.3, -0.25) is 4.79 Å². The standard InChI is InChI=1S/C19H24N4O3S/c1-27(25,26)17-8-3-2-7-16(17)23-12-15(11-21-23)22-18(24)19-9-5-4-6-14(19)10-20-13-19/h2-3,7-8,11-12,14,20H,4-6,9-10,13H2,1H3,(H,22,24)/t14-,19+/m0/s1. The Morgan fingerprint density at radius 1 is 1.33 bits per heavy atom. The zero-order valence-corrected chi connectivity index (χ0v) is 16.1. The summed E-state index contributed by atoms with van der Waals surface area (Å²) >= 11 is 0. The number of anilines is 1. The van der Waals surface area contributed by atoms with Crippen molar-refractivity contribution in [1.82, 2.24) is 15.1 Å². The Balaban J connectivity index is 1.59. The molecule has 2 aliphatic rings. The fourth-order valence-corrected chi connectivity index (χ4v) is 5.29. The van der Waals surface area contributed by atoms with E-state index in [1.807, 2.05) is 0 Å². The molecule has 27 heavy (non-hydrogen) atoms. The topological polar surface area (TPSA) is 93.1 Å². The van der Waals surface area contributed by atoms with Gasteiger partial charge in [-0.1, -0.05) is 25.0 Å². The molecule has 1 aromatic heterocycles. The maximum absolute atomic E-state index is 13.1. The zero-order valence-electron chi connectivity index (χ0n) is 15.3. The molecule has 1 aliphatic heterocycles. The third kappa shape index (κ3) is 3.27. The first-order valence-electron chi connectivity index (χ1n) is 9.26. The van der Waals surface area contributed by atoms with E-state index >= 15 is 0 Å². The lowest BCUT2D eigenvalue weighted by molar-refractivity contribution is -0.128. The van der Waals surface area contributed by atoms with Crippen molar-refractivity contribution < 1.29 is 13.2 Å². The minimum atomic E-state index is -3.38. The Bertz CT molecular complexity index is 969. The van der Waals surface area contributed by atoms with E-state index in [0.29, 0.717) is 23.8 Å². The number of nitrogens with zero attached hydrogens (tertiary/aromatic N) is 2. The highest BCUT2D eigenvalue weighted by molar-refractivity contribution is 7.90. The molecule has 144 valence electrons. The second kappa shape index (κ2) is 6.76. The lowest BCUT2D eigenvalue weighted by Gasteiger charge is -2.36. The van der Waals surface area contributed by atoms with Crippen LogP contribution in [0, 0.1) is 11.3 Å². The van der Waals surface area contributed by atoms with Crippen LogP contribution in [0.3, 0.4) is 0 Å². The normalized spacial score (nSPS) is 25.1. The van der Waals surface area contributed by atoms with E-state index in [1.54, 1.807) is 36.7 Å². The van der Waals surface area contributed by atoms with Crippen molar-refractivity contribution in [3.8, 4) is 5.69 Å². The van der Waals surface area contributed by atoms with Gasteiger partial charge >= 0.3 is 0 Å². The molecule has 0 spiro atoms. The molecular formula is C19H24N4O3S. The van der Waals surface area contributed by atoms with Gasteiger partial charge in [-0.05, 0) is 37.4 Å². The van der Waals surface area contributed by atoms with Gasteiger partial charge in [0.25, 0.3) is 0 Å². The maximum Gasteiger partial charge on any atom is 0.232 e. The molecule has 2 atom stereocenters. The number of rotatable bonds is 4. The van der Waals surface area contributed by atoms with Gasteiger partial charge in [0.05, 0.1) is 34.1 Å². The van der Waals surface area contributed by atoms with Gasteiger partial charge in [-0.15, -0.1) is 0 Å². The van der Waals surface area contributed by atoms with E-state index in [1.165, 1.54) is 17.4 Å². The van der Waals surface area contributed by atoms with Crippen LogP contribution in [-0.2, 0) is 14.6 Å². The number of carbonyl (C=O) groups excluding carboxylic acids is 1. The predicted molar refractivity (Wildman–Crippen MR) is 103 cm³/mol. The van der Waals surface area contributed by atoms with E-state index in [0.717, 1.165) is 25.8 Å². The first-order valence-corrected chi connectivity index (χ1v) is 11.2. The first kappa shape index (κ1) is 18.2. The highest BCUT2D eigenvalue weighted by Gasteiger charge is 2.49. The minimum absolute atomic E-state index is 0.0353. The molecule has 2 fully saturated rings. The molecule has 1 aromatic carbocycles. The van der Waals surface area contributed by atoms with Crippen molar-refractivity contribution in [2.45, 2.75) is 30.6 Å². The molecule has 2 aromatic rings. The van der Waals surface area contributed by atoms with Gasteiger partial charge in [-0.25, -0.2) is 13.1 Å². The number of fused-ring (bicyclic) bond motifs is 1. The average Bonchev–Trinajstić information content (AvgIpc) is 3.28. The lowest BCUT2D eigenvalue weighted by Crippen LogP contribution is -2.44. The van der Waals surface area contributed by atoms with Gasteiger partial charge in [0.1, 0.15) is 0 Å². The summed E-state index contributed by atoms with van der Waals surface area (Å²) in [6, 6.07) is 6.70. The number of carbonyl (C=O) groups is 1. The summed E-state index contributed by atoms with van der Waals surface area (Å²) in [5.41, 5.74) is 0.705.